The highest BCUT2D eigenvalue weighted by Gasteiger charge is 2.18. The number of hydrogen-bond donors (Lipinski definition) is 1. The lowest BCUT2D eigenvalue weighted by Crippen LogP contribution is -2.13. The van der Waals surface area contributed by atoms with Gasteiger partial charge in [0.15, 0.2) is 0 Å². The van der Waals surface area contributed by atoms with Crippen molar-refractivity contribution in [3.05, 3.63) is 46.9 Å². The maximum atomic E-state index is 12.2. The van der Waals surface area contributed by atoms with Crippen LogP contribution in [0.2, 0.25) is 0 Å². The van der Waals surface area contributed by atoms with E-state index >= 15 is 0 Å². The second kappa shape index (κ2) is 5.18. The van der Waals surface area contributed by atoms with Crippen LogP contribution < -0.4 is 10.1 Å². The second-order valence-corrected chi connectivity index (χ2v) is 4.40. The van der Waals surface area contributed by atoms with Crippen LogP contribution in [0.15, 0.2) is 28.7 Å². The van der Waals surface area contributed by atoms with Gasteiger partial charge in [0.05, 0.1) is 12.7 Å². The van der Waals surface area contributed by atoms with Gasteiger partial charge in [-0.25, -0.2) is 0 Å². The maximum absolute atomic E-state index is 12.2. The van der Waals surface area contributed by atoms with Crippen LogP contribution in [0.25, 0.3) is 0 Å². The fourth-order valence-electron chi connectivity index (χ4n) is 2.00. The zero-order chi connectivity index (χ0) is 14.0. The third kappa shape index (κ3) is 2.62. The Kier molecular flexibility index (Phi) is 3.60. The third-order valence-corrected chi connectivity index (χ3v) is 3.14. The molecular formula is C15H17NO3. The van der Waals surface area contributed by atoms with E-state index in [-0.39, 0.29) is 5.91 Å². The van der Waals surface area contributed by atoms with Gasteiger partial charge in [-0.05, 0) is 45.0 Å². The number of ether oxygens (including phenoxy) is 1. The van der Waals surface area contributed by atoms with Crippen LogP contribution in [0.3, 0.4) is 0 Å². The van der Waals surface area contributed by atoms with E-state index in [1.165, 1.54) is 0 Å². The van der Waals surface area contributed by atoms with E-state index in [2.05, 4.69) is 5.32 Å². The summed E-state index contributed by atoms with van der Waals surface area (Å²) >= 11 is 0. The first kappa shape index (κ1) is 13.2. The Labute approximate surface area is 112 Å². The van der Waals surface area contributed by atoms with Crippen LogP contribution in [-0.2, 0) is 0 Å². The van der Waals surface area contributed by atoms with Crippen molar-refractivity contribution >= 4 is 11.6 Å². The van der Waals surface area contributed by atoms with Gasteiger partial charge in [0.1, 0.15) is 17.3 Å². The van der Waals surface area contributed by atoms with Gasteiger partial charge in [0.25, 0.3) is 5.91 Å². The normalized spacial score (nSPS) is 10.3. The molecule has 0 radical (unpaired) electrons. The smallest absolute Gasteiger partial charge is 0.259 e. The fourth-order valence-corrected chi connectivity index (χ4v) is 2.00. The first-order chi connectivity index (χ1) is 9.02. The van der Waals surface area contributed by atoms with Gasteiger partial charge < -0.3 is 14.5 Å². The Morgan fingerprint density at radius 2 is 1.74 bits per heavy atom. The monoisotopic (exact) mass is 259 g/mol. The molecule has 1 aromatic carbocycles. The van der Waals surface area contributed by atoms with E-state index in [0.717, 1.165) is 22.8 Å². The largest absolute Gasteiger partial charge is 0.497 e. The summed E-state index contributed by atoms with van der Waals surface area (Å²) in [5.41, 5.74) is 2.21. The van der Waals surface area contributed by atoms with Crippen molar-refractivity contribution in [2.45, 2.75) is 20.8 Å². The summed E-state index contributed by atoms with van der Waals surface area (Å²) in [4.78, 5) is 12.2. The number of aryl methyl sites for hydroxylation is 2. The number of furan rings is 1. The number of carbonyl (C=O) groups excluding carboxylic acids is 1. The van der Waals surface area contributed by atoms with E-state index in [9.17, 15) is 4.79 Å². The van der Waals surface area contributed by atoms with Gasteiger partial charge in [-0.2, -0.15) is 0 Å². The van der Waals surface area contributed by atoms with E-state index in [4.69, 9.17) is 9.15 Å². The van der Waals surface area contributed by atoms with Crippen LogP contribution in [0.5, 0.6) is 5.75 Å². The number of nitrogens with one attached hydrogen (secondary N) is 1. The summed E-state index contributed by atoms with van der Waals surface area (Å²) in [5, 5.41) is 2.85. The number of benzene rings is 1. The van der Waals surface area contributed by atoms with Crippen molar-refractivity contribution in [3.8, 4) is 5.75 Å². The highest BCUT2D eigenvalue weighted by molar-refractivity contribution is 6.06. The number of methoxy groups -OCH3 is 1. The Balaban J connectivity index is 2.20. The molecule has 1 N–H and O–H groups in total. The number of carbonyl (C=O) groups is 1. The Hall–Kier alpha value is -2.23. The van der Waals surface area contributed by atoms with Crippen LogP contribution in [0.1, 0.15) is 27.4 Å². The molecule has 0 spiro atoms. The molecule has 0 aliphatic rings. The summed E-state index contributed by atoms with van der Waals surface area (Å²) in [5.74, 6) is 2.01. The number of anilines is 1. The van der Waals surface area contributed by atoms with Crippen molar-refractivity contribution in [3.63, 3.8) is 0 Å². The summed E-state index contributed by atoms with van der Waals surface area (Å²) < 4.78 is 10.5. The Morgan fingerprint density at radius 1 is 1.11 bits per heavy atom. The summed E-state index contributed by atoms with van der Waals surface area (Å²) in [7, 11) is 1.61. The molecular weight excluding hydrogens is 242 g/mol. The number of rotatable bonds is 3. The van der Waals surface area contributed by atoms with Crippen LogP contribution >= 0.6 is 0 Å². The molecule has 1 aromatic heterocycles. The molecule has 0 atom stereocenters. The van der Waals surface area contributed by atoms with Crippen molar-refractivity contribution < 1.29 is 13.9 Å². The standard InChI is InChI=1S/C15H17NO3/c1-9-10(2)19-11(3)14(9)15(17)16-12-5-7-13(18-4)8-6-12/h5-8H,1-4H3,(H,16,17). The van der Waals surface area contributed by atoms with Crippen molar-refractivity contribution in [2.75, 3.05) is 12.4 Å². The molecule has 4 heteroatoms. The lowest BCUT2D eigenvalue weighted by Gasteiger charge is -2.06. The SMILES string of the molecule is COc1ccc(NC(=O)c2c(C)oc(C)c2C)cc1. The quantitative estimate of drug-likeness (QED) is 0.918. The van der Waals surface area contributed by atoms with E-state index in [1.807, 2.05) is 13.8 Å². The number of amides is 1. The summed E-state index contributed by atoms with van der Waals surface area (Å²) in [6.45, 7) is 5.53. The molecule has 0 saturated heterocycles. The van der Waals surface area contributed by atoms with Crippen LogP contribution in [0.4, 0.5) is 5.69 Å². The molecule has 2 rings (SSSR count). The number of hydrogen-bond acceptors (Lipinski definition) is 3. The second-order valence-electron chi connectivity index (χ2n) is 4.40. The van der Waals surface area contributed by atoms with Crippen molar-refractivity contribution in [1.29, 1.82) is 0 Å². The van der Waals surface area contributed by atoms with Gasteiger partial charge in [0.2, 0.25) is 0 Å². The van der Waals surface area contributed by atoms with E-state index in [0.29, 0.717) is 11.3 Å². The minimum absolute atomic E-state index is 0.156. The van der Waals surface area contributed by atoms with Gasteiger partial charge in [-0.1, -0.05) is 0 Å². The molecule has 1 amide bonds. The molecule has 100 valence electrons. The molecule has 0 fully saturated rings. The molecule has 0 aliphatic heterocycles. The van der Waals surface area contributed by atoms with Crippen LogP contribution in [-0.4, -0.2) is 13.0 Å². The van der Waals surface area contributed by atoms with Gasteiger partial charge in [0, 0.05) is 11.3 Å². The van der Waals surface area contributed by atoms with Gasteiger partial charge >= 0.3 is 0 Å². The summed E-state index contributed by atoms with van der Waals surface area (Å²) in [6, 6.07) is 7.20. The molecule has 0 saturated carbocycles. The Morgan fingerprint density at radius 3 is 2.21 bits per heavy atom. The van der Waals surface area contributed by atoms with Gasteiger partial charge in [-0.15, -0.1) is 0 Å². The minimum Gasteiger partial charge on any atom is -0.497 e. The van der Waals surface area contributed by atoms with E-state index in [1.54, 1.807) is 38.3 Å². The molecule has 2 aromatic rings. The average Bonchev–Trinajstić information content (AvgIpc) is 2.64. The van der Waals surface area contributed by atoms with E-state index < -0.39 is 0 Å². The first-order valence-corrected chi connectivity index (χ1v) is 6.05. The van der Waals surface area contributed by atoms with Gasteiger partial charge in [-0.3, -0.25) is 4.79 Å². The Bertz CT molecular complexity index is 597. The van der Waals surface area contributed by atoms with Crippen molar-refractivity contribution in [2.24, 2.45) is 0 Å². The minimum atomic E-state index is -0.156. The molecule has 19 heavy (non-hydrogen) atoms. The topological polar surface area (TPSA) is 51.5 Å². The summed E-state index contributed by atoms with van der Waals surface area (Å²) in [6.07, 6.45) is 0. The highest BCUT2D eigenvalue weighted by Crippen LogP contribution is 2.22. The molecule has 0 bridgehead atoms. The molecule has 0 unspecified atom stereocenters. The van der Waals surface area contributed by atoms with Crippen LogP contribution in [0, 0.1) is 20.8 Å². The lowest BCUT2D eigenvalue weighted by molar-refractivity contribution is 0.102. The average molecular weight is 259 g/mol. The predicted molar refractivity (Wildman–Crippen MR) is 73.9 cm³/mol. The third-order valence-electron chi connectivity index (χ3n) is 3.14. The molecule has 1 heterocycles. The van der Waals surface area contributed by atoms with Crippen molar-refractivity contribution in [1.82, 2.24) is 0 Å². The maximum Gasteiger partial charge on any atom is 0.259 e. The first-order valence-electron chi connectivity index (χ1n) is 6.05. The zero-order valence-electron chi connectivity index (χ0n) is 11.5. The fraction of sp³-hybridized carbons (Fsp3) is 0.267. The zero-order valence-corrected chi connectivity index (χ0v) is 11.5. The highest BCUT2D eigenvalue weighted by atomic mass is 16.5. The molecule has 4 nitrogen and oxygen atoms in total. The lowest BCUT2D eigenvalue weighted by atomic mass is 10.1. The molecule has 0 aliphatic carbocycles. The predicted octanol–water partition coefficient (Wildman–Crippen LogP) is 3.47.